The highest BCUT2D eigenvalue weighted by atomic mass is 16.5. The molecule has 0 fully saturated rings. The predicted molar refractivity (Wildman–Crippen MR) is 52.2 cm³/mol. The topological polar surface area (TPSA) is 91.2 Å². The summed E-state index contributed by atoms with van der Waals surface area (Å²) in [6, 6.07) is 3.17. The first kappa shape index (κ1) is 10.5. The van der Waals surface area contributed by atoms with Crippen LogP contribution in [0.15, 0.2) is 18.3 Å². The van der Waals surface area contributed by atoms with Crippen LogP contribution in [0.2, 0.25) is 0 Å². The SMILES string of the molecule is COC(=O)[C@@](C)(N)c1cc(N)ccn1. The molecular weight excluding hydrogens is 182 g/mol. The van der Waals surface area contributed by atoms with Gasteiger partial charge in [-0.25, -0.2) is 4.79 Å². The number of ether oxygens (including phenoxy) is 1. The van der Waals surface area contributed by atoms with E-state index in [4.69, 9.17) is 11.5 Å². The van der Waals surface area contributed by atoms with E-state index in [2.05, 4.69) is 9.72 Å². The summed E-state index contributed by atoms with van der Waals surface area (Å²) in [6.45, 7) is 1.53. The van der Waals surface area contributed by atoms with Gasteiger partial charge >= 0.3 is 5.97 Å². The van der Waals surface area contributed by atoms with E-state index in [9.17, 15) is 4.79 Å². The van der Waals surface area contributed by atoms with Crippen LogP contribution in [0.5, 0.6) is 0 Å². The zero-order chi connectivity index (χ0) is 10.8. The Morgan fingerprint density at radius 1 is 1.64 bits per heavy atom. The monoisotopic (exact) mass is 195 g/mol. The molecule has 0 aromatic carbocycles. The second-order valence-corrected chi connectivity index (χ2v) is 3.17. The van der Waals surface area contributed by atoms with Crippen molar-refractivity contribution in [1.82, 2.24) is 4.98 Å². The predicted octanol–water partition coefficient (Wildman–Crippen LogP) is 0.0107. The summed E-state index contributed by atoms with van der Waals surface area (Å²) in [6.07, 6.45) is 1.50. The molecule has 0 aliphatic rings. The highest BCUT2D eigenvalue weighted by Gasteiger charge is 2.33. The molecule has 1 rings (SSSR count). The van der Waals surface area contributed by atoms with Crippen LogP contribution < -0.4 is 11.5 Å². The van der Waals surface area contributed by atoms with Gasteiger partial charge in [-0.1, -0.05) is 0 Å². The molecule has 0 aliphatic carbocycles. The average molecular weight is 195 g/mol. The summed E-state index contributed by atoms with van der Waals surface area (Å²) in [4.78, 5) is 15.3. The molecule has 0 bridgehead atoms. The van der Waals surface area contributed by atoms with Crippen molar-refractivity contribution in [3.05, 3.63) is 24.0 Å². The van der Waals surface area contributed by atoms with Crippen molar-refractivity contribution in [2.75, 3.05) is 12.8 Å². The number of hydrogen-bond donors (Lipinski definition) is 2. The standard InChI is InChI=1S/C9H13N3O2/c1-9(11,8(13)14-2)7-5-6(10)3-4-12-7/h3-5H,11H2,1-2H3,(H2,10,12)/t9-/m0/s1. The minimum atomic E-state index is -1.26. The van der Waals surface area contributed by atoms with E-state index in [1.54, 1.807) is 12.1 Å². The van der Waals surface area contributed by atoms with E-state index >= 15 is 0 Å². The maximum Gasteiger partial charge on any atom is 0.331 e. The molecule has 1 aromatic heterocycles. The third kappa shape index (κ3) is 1.82. The maximum absolute atomic E-state index is 11.3. The van der Waals surface area contributed by atoms with Crippen molar-refractivity contribution in [2.24, 2.45) is 5.73 Å². The third-order valence-corrected chi connectivity index (χ3v) is 1.93. The Hall–Kier alpha value is -1.62. The summed E-state index contributed by atoms with van der Waals surface area (Å²) in [5.74, 6) is -0.546. The molecule has 14 heavy (non-hydrogen) atoms. The summed E-state index contributed by atoms with van der Waals surface area (Å²) >= 11 is 0. The van der Waals surface area contributed by atoms with Gasteiger partial charge in [-0.15, -0.1) is 0 Å². The Labute approximate surface area is 82.1 Å². The van der Waals surface area contributed by atoms with Crippen molar-refractivity contribution in [2.45, 2.75) is 12.5 Å². The van der Waals surface area contributed by atoms with Crippen LogP contribution in [-0.2, 0) is 15.1 Å². The Bertz CT molecular complexity index is 350. The van der Waals surface area contributed by atoms with Gasteiger partial charge in [0.25, 0.3) is 0 Å². The molecule has 1 aromatic rings. The number of nitrogen functional groups attached to an aromatic ring is 1. The van der Waals surface area contributed by atoms with Gasteiger partial charge in [-0.2, -0.15) is 0 Å². The number of aromatic nitrogens is 1. The first-order chi connectivity index (χ1) is 6.48. The first-order valence-corrected chi connectivity index (χ1v) is 4.08. The maximum atomic E-state index is 11.3. The summed E-state index contributed by atoms with van der Waals surface area (Å²) in [5, 5.41) is 0. The minimum absolute atomic E-state index is 0.393. The molecule has 0 saturated carbocycles. The van der Waals surface area contributed by atoms with E-state index in [1.807, 2.05) is 0 Å². The Morgan fingerprint density at radius 2 is 2.29 bits per heavy atom. The van der Waals surface area contributed by atoms with Crippen LogP contribution in [0.1, 0.15) is 12.6 Å². The number of esters is 1. The smallest absolute Gasteiger partial charge is 0.331 e. The lowest BCUT2D eigenvalue weighted by Crippen LogP contribution is -2.43. The van der Waals surface area contributed by atoms with E-state index in [0.717, 1.165) is 0 Å². The van der Waals surface area contributed by atoms with Crippen molar-refractivity contribution < 1.29 is 9.53 Å². The summed E-state index contributed by atoms with van der Waals surface area (Å²) < 4.78 is 4.56. The van der Waals surface area contributed by atoms with Gasteiger partial charge in [0.2, 0.25) is 0 Å². The summed E-state index contributed by atoms with van der Waals surface area (Å²) in [5.41, 5.74) is 11.0. The second-order valence-electron chi connectivity index (χ2n) is 3.17. The van der Waals surface area contributed by atoms with Gasteiger partial charge in [-0.05, 0) is 19.1 Å². The minimum Gasteiger partial charge on any atom is -0.467 e. The van der Waals surface area contributed by atoms with Crippen molar-refractivity contribution >= 4 is 11.7 Å². The fourth-order valence-corrected chi connectivity index (χ4v) is 1.05. The quantitative estimate of drug-likeness (QED) is 0.648. The average Bonchev–Trinajstić information content (AvgIpc) is 2.16. The van der Waals surface area contributed by atoms with Crippen molar-refractivity contribution in [1.29, 1.82) is 0 Å². The molecular formula is C9H13N3O2. The fraction of sp³-hybridized carbons (Fsp3) is 0.333. The second kappa shape index (κ2) is 3.63. The zero-order valence-corrected chi connectivity index (χ0v) is 8.15. The van der Waals surface area contributed by atoms with Gasteiger partial charge in [0.05, 0.1) is 12.8 Å². The van der Waals surface area contributed by atoms with Gasteiger partial charge < -0.3 is 16.2 Å². The lowest BCUT2D eigenvalue weighted by molar-refractivity contribution is -0.146. The van der Waals surface area contributed by atoms with E-state index < -0.39 is 11.5 Å². The van der Waals surface area contributed by atoms with Crippen LogP contribution >= 0.6 is 0 Å². The Balaban J connectivity index is 3.09. The molecule has 4 N–H and O–H groups in total. The van der Waals surface area contributed by atoms with Crippen molar-refractivity contribution in [3.63, 3.8) is 0 Å². The molecule has 0 amide bonds. The molecule has 0 unspecified atom stereocenters. The van der Waals surface area contributed by atoms with E-state index in [1.165, 1.54) is 20.2 Å². The number of methoxy groups -OCH3 is 1. The number of pyridine rings is 1. The van der Waals surface area contributed by atoms with Gasteiger partial charge in [-0.3, -0.25) is 4.98 Å². The zero-order valence-electron chi connectivity index (χ0n) is 8.15. The lowest BCUT2D eigenvalue weighted by atomic mass is 9.98. The molecule has 5 heteroatoms. The van der Waals surface area contributed by atoms with Gasteiger partial charge in [0.1, 0.15) is 0 Å². The van der Waals surface area contributed by atoms with Gasteiger partial charge in [0, 0.05) is 11.9 Å². The van der Waals surface area contributed by atoms with Crippen LogP contribution in [0.4, 0.5) is 5.69 Å². The largest absolute Gasteiger partial charge is 0.467 e. The van der Waals surface area contributed by atoms with E-state index in [-0.39, 0.29) is 0 Å². The lowest BCUT2D eigenvalue weighted by Gasteiger charge is -2.20. The van der Waals surface area contributed by atoms with Crippen LogP contribution in [-0.4, -0.2) is 18.1 Å². The third-order valence-electron chi connectivity index (χ3n) is 1.93. The number of carbonyl (C=O) groups is 1. The molecule has 76 valence electrons. The first-order valence-electron chi connectivity index (χ1n) is 4.08. The number of anilines is 1. The number of nitrogens with two attached hydrogens (primary N) is 2. The normalized spacial score (nSPS) is 14.5. The molecule has 1 atom stereocenters. The molecule has 1 heterocycles. The van der Waals surface area contributed by atoms with Crippen LogP contribution in [0.25, 0.3) is 0 Å². The Morgan fingerprint density at radius 3 is 2.79 bits per heavy atom. The Kier molecular flexibility index (Phi) is 2.71. The molecule has 0 spiro atoms. The molecule has 0 radical (unpaired) electrons. The number of rotatable bonds is 2. The highest BCUT2D eigenvalue weighted by molar-refractivity contribution is 5.81. The van der Waals surface area contributed by atoms with Gasteiger partial charge in [0.15, 0.2) is 5.54 Å². The van der Waals surface area contributed by atoms with E-state index in [0.29, 0.717) is 11.4 Å². The van der Waals surface area contributed by atoms with Crippen molar-refractivity contribution in [3.8, 4) is 0 Å². The number of carbonyl (C=O) groups excluding carboxylic acids is 1. The number of hydrogen-bond acceptors (Lipinski definition) is 5. The highest BCUT2D eigenvalue weighted by Crippen LogP contribution is 2.18. The fourth-order valence-electron chi connectivity index (χ4n) is 1.05. The molecule has 0 saturated heterocycles. The van der Waals surface area contributed by atoms with Crippen LogP contribution in [0.3, 0.4) is 0 Å². The number of nitrogens with zero attached hydrogens (tertiary/aromatic N) is 1. The van der Waals surface area contributed by atoms with Crippen LogP contribution in [0, 0.1) is 0 Å². The molecule has 0 aliphatic heterocycles. The summed E-state index contributed by atoms with van der Waals surface area (Å²) in [7, 11) is 1.28. The molecule has 5 nitrogen and oxygen atoms in total.